The van der Waals surface area contributed by atoms with Crippen LogP contribution in [-0.2, 0) is 11.3 Å². The normalized spacial score (nSPS) is 18.7. The second kappa shape index (κ2) is 7.89. The summed E-state index contributed by atoms with van der Waals surface area (Å²) in [5.74, 6) is 0.996. The van der Waals surface area contributed by atoms with Gasteiger partial charge in [0, 0.05) is 29.6 Å². The molecular formula is C20H22ClNO3. The molecule has 1 saturated carbocycles. The quantitative estimate of drug-likeness (QED) is 0.823. The summed E-state index contributed by atoms with van der Waals surface area (Å²) in [5, 5.41) is 10.1. The van der Waals surface area contributed by atoms with Crippen LogP contribution in [0.3, 0.4) is 0 Å². The van der Waals surface area contributed by atoms with E-state index in [4.69, 9.17) is 16.3 Å². The lowest BCUT2D eigenvalue weighted by molar-refractivity contribution is -0.133. The maximum absolute atomic E-state index is 12.9. The Kier molecular flexibility index (Phi) is 5.61. The Morgan fingerprint density at radius 2 is 2.08 bits per heavy atom. The summed E-state index contributed by atoms with van der Waals surface area (Å²) >= 11 is 6.05. The fourth-order valence-electron chi connectivity index (χ4n) is 3.24. The molecule has 2 aromatic carbocycles. The molecular weight excluding hydrogens is 338 g/mol. The number of hydrogen-bond acceptors (Lipinski definition) is 3. The highest BCUT2D eigenvalue weighted by molar-refractivity contribution is 6.30. The summed E-state index contributed by atoms with van der Waals surface area (Å²) < 4.78 is 5.37. The smallest absolute Gasteiger partial charge is 0.226 e. The van der Waals surface area contributed by atoms with E-state index >= 15 is 0 Å². The van der Waals surface area contributed by atoms with Gasteiger partial charge in [-0.2, -0.15) is 0 Å². The monoisotopic (exact) mass is 359 g/mol. The number of carbonyl (C=O) groups excluding carboxylic acids is 1. The zero-order valence-electron chi connectivity index (χ0n) is 14.2. The highest BCUT2D eigenvalue weighted by Gasteiger charge is 2.45. The third kappa shape index (κ3) is 4.14. The van der Waals surface area contributed by atoms with Gasteiger partial charge in [0.1, 0.15) is 5.75 Å². The molecule has 0 aromatic heterocycles. The third-order valence-electron chi connectivity index (χ3n) is 4.62. The van der Waals surface area contributed by atoms with Crippen LogP contribution >= 0.6 is 11.6 Å². The van der Waals surface area contributed by atoms with Crippen molar-refractivity contribution >= 4 is 17.5 Å². The molecule has 1 aliphatic rings. The zero-order chi connectivity index (χ0) is 17.8. The molecule has 1 aliphatic carbocycles. The Labute approximate surface area is 153 Å². The highest BCUT2D eigenvalue weighted by Crippen LogP contribution is 2.49. The van der Waals surface area contributed by atoms with E-state index in [0.29, 0.717) is 18.1 Å². The summed E-state index contributed by atoms with van der Waals surface area (Å²) in [7, 11) is 1.62. The number of aliphatic hydroxyl groups excluding tert-OH is 1. The fraction of sp³-hybridized carbons (Fsp3) is 0.350. The number of benzene rings is 2. The molecule has 0 bridgehead atoms. The lowest BCUT2D eigenvalue weighted by Crippen LogP contribution is -2.34. The number of carbonyl (C=O) groups is 1. The molecule has 5 heteroatoms. The first-order chi connectivity index (χ1) is 12.1. The second-order valence-electron chi connectivity index (χ2n) is 6.30. The maximum atomic E-state index is 12.9. The van der Waals surface area contributed by atoms with Gasteiger partial charge in [-0.25, -0.2) is 0 Å². The first kappa shape index (κ1) is 17.8. The van der Waals surface area contributed by atoms with E-state index in [1.165, 1.54) is 0 Å². The van der Waals surface area contributed by atoms with Gasteiger partial charge in [-0.1, -0.05) is 41.9 Å². The molecule has 0 radical (unpaired) electrons. The van der Waals surface area contributed by atoms with Gasteiger partial charge in [0.25, 0.3) is 0 Å². The molecule has 1 N–H and O–H groups in total. The Morgan fingerprint density at radius 3 is 2.80 bits per heavy atom. The molecule has 0 spiro atoms. The van der Waals surface area contributed by atoms with Gasteiger partial charge >= 0.3 is 0 Å². The van der Waals surface area contributed by atoms with Crippen LogP contribution in [0.4, 0.5) is 0 Å². The van der Waals surface area contributed by atoms with Gasteiger partial charge in [0.2, 0.25) is 5.91 Å². The fourth-order valence-corrected chi connectivity index (χ4v) is 3.43. The van der Waals surface area contributed by atoms with Crippen LogP contribution in [0.1, 0.15) is 23.5 Å². The van der Waals surface area contributed by atoms with Crippen molar-refractivity contribution in [3.63, 3.8) is 0 Å². The molecule has 0 heterocycles. The molecule has 3 rings (SSSR count). The van der Waals surface area contributed by atoms with Crippen molar-refractivity contribution < 1.29 is 14.6 Å². The SMILES string of the molecule is COc1ccccc1CN(CCO)C(=O)[C@H]1C[C@H]1c1cccc(Cl)c1. The number of aliphatic hydroxyl groups is 1. The standard InChI is InChI=1S/C20H22ClNO3/c1-25-19-8-3-2-5-15(19)13-22(9-10-23)20(24)18-12-17(18)14-6-4-7-16(21)11-14/h2-8,11,17-18,23H,9-10,12-13H2,1H3/t17-,18-/m0/s1. The van der Waals surface area contributed by atoms with Crippen LogP contribution in [0.15, 0.2) is 48.5 Å². The topological polar surface area (TPSA) is 49.8 Å². The van der Waals surface area contributed by atoms with Gasteiger partial charge in [0.15, 0.2) is 0 Å². The van der Waals surface area contributed by atoms with Crippen molar-refractivity contribution in [3.05, 3.63) is 64.7 Å². The van der Waals surface area contributed by atoms with Gasteiger partial charge in [0.05, 0.1) is 13.7 Å². The van der Waals surface area contributed by atoms with Crippen LogP contribution in [0.2, 0.25) is 5.02 Å². The number of para-hydroxylation sites is 1. The molecule has 0 unspecified atom stereocenters. The number of ether oxygens (including phenoxy) is 1. The summed E-state index contributed by atoms with van der Waals surface area (Å²) in [6.45, 7) is 0.688. The van der Waals surface area contributed by atoms with Crippen molar-refractivity contribution in [1.29, 1.82) is 0 Å². The molecule has 2 aromatic rings. The number of hydrogen-bond donors (Lipinski definition) is 1. The van der Waals surface area contributed by atoms with E-state index in [2.05, 4.69) is 0 Å². The number of methoxy groups -OCH3 is 1. The molecule has 0 aliphatic heterocycles. The summed E-state index contributed by atoms with van der Waals surface area (Å²) in [5.41, 5.74) is 2.04. The van der Waals surface area contributed by atoms with E-state index in [9.17, 15) is 9.90 Å². The van der Waals surface area contributed by atoms with E-state index in [-0.39, 0.29) is 24.3 Å². The van der Waals surface area contributed by atoms with Crippen molar-refractivity contribution in [2.45, 2.75) is 18.9 Å². The minimum Gasteiger partial charge on any atom is -0.496 e. The first-order valence-corrected chi connectivity index (χ1v) is 8.79. The predicted octanol–water partition coefficient (Wildman–Crippen LogP) is 3.47. The van der Waals surface area contributed by atoms with Crippen LogP contribution in [0, 0.1) is 5.92 Å². The number of rotatable bonds is 7. The predicted molar refractivity (Wildman–Crippen MR) is 97.8 cm³/mol. The van der Waals surface area contributed by atoms with Gasteiger partial charge < -0.3 is 14.7 Å². The average Bonchev–Trinajstić information content (AvgIpc) is 3.42. The molecule has 4 nitrogen and oxygen atoms in total. The van der Waals surface area contributed by atoms with Crippen molar-refractivity contribution in [2.75, 3.05) is 20.3 Å². The van der Waals surface area contributed by atoms with Crippen LogP contribution < -0.4 is 4.74 Å². The maximum Gasteiger partial charge on any atom is 0.226 e. The van der Waals surface area contributed by atoms with E-state index < -0.39 is 0 Å². The van der Waals surface area contributed by atoms with E-state index in [1.54, 1.807) is 12.0 Å². The first-order valence-electron chi connectivity index (χ1n) is 8.41. The largest absolute Gasteiger partial charge is 0.496 e. The Balaban J connectivity index is 1.72. The number of nitrogens with zero attached hydrogens (tertiary/aromatic N) is 1. The van der Waals surface area contributed by atoms with Crippen molar-refractivity contribution in [3.8, 4) is 5.75 Å². The Bertz CT molecular complexity index is 749. The molecule has 25 heavy (non-hydrogen) atoms. The second-order valence-corrected chi connectivity index (χ2v) is 6.74. The van der Waals surface area contributed by atoms with Crippen molar-refractivity contribution in [2.24, 2.45) is 5.92 Å². The molecule has 0 saturated heterocycles. The molecule has 2 atom stereocenters. The zero-order valence-corrected chi connectivity index (χ0v) is 14.9. The Morgan fingerprint density at radius 1 is 1.28 bits per heavy atom. The van der Waals surface area contributed by atoms with Crippen LogP contribution in [0.5, 0.6) is 5.75 Å². The summed E-state index contributed by atoms with van der Waals surface area (Å²) in [4.78, 5) is 14.6. The number of amides is 1. The highest BCUT2D eigenvalue weighted by atomic mass is 35.5. The summed E-state index contributed by atoms with van der Waals surface area (Å²) in [6, 6.07) is 15.3. The van der Waals surface area contributed by atoms with Crippen LogP contribution in [-0.4, -0.2) is 36.2 Å². The molecule has 1 fully saturated rings. The lowest BCUT2D eigenvalue weighted by Gasteiger charge is -2.23. The van der Waals surface area contributed by atoms with Gasteiger partial charge in [-0.15, -0.1) is 0 Å². The summed E-state index contributed by atoms with van der Waals surface area (Å²) in [6.07, 6.45) is 0.826. The third-order valence-corrected chi connectivity index (χ3v) is 4.85. The van der Waals surface area contributed by atoms with Crippen LogP contribution in [0.25, 0.3) is 0 Å². The molecule has 132 valence electrons. The van der Waals surface area contributed by atoms with E-state index in [1.807, 2.05) is 48.5 Å². The van der Waals surface area contributed by atoms with Crippen molar-refractivity contribution in [1.82, 2.24) is 4.90 Å². The van der Waals surface area contributed by atoms with Gasteiger partial charge in [-0.3, -0.25) is 4.79 Å². The number of halogens is 1. The average molecular weight is 360 g/mol. The minimum absolute atomic E-state index is 0.0419. The lowest BCUT2D eigenvalue weighted by atomic mass is 10.1. The van der Waals surface area contributed by atoms with Gasteiger partial charge in [-0.05, 0) is 36.1 Å². The van der Waals surface area contributed by atoms with E-state index in [0.717, 1.165) is 23.3 Å². The minimum atomic E-state index is -0.0601. The molecule has 1 amide bonds. The Hall–Kier alpha value is -2.04.